The zero-order chi connectivity index (χ0) is 6.85. The minimum absolute atomic E-state index is 0.548. The van der Waals surface area contributed by atoms with E-state index in [9.17, 15) is 0 Å². The maximum absolute atomic E-state index is 9.03. The molecule has 1 aliphatic heterocycles. The molecule has 50 valence electrons. The van der Waals surface area contributed by atoms with Crippen molar-refractivity contribution in [3.8, 4) is 0 Å². The van der Waals surface area contributed by atoms with Crippen LogP contribution >= 0.6 is 0 Å². The molecule has 0 fully saturated rings. The molecule has 0 aliphatic carbocycles. The fourth-order valence-corrected chi connectivity index (χ4v) is 0.691. The van der Waals surface area contributed by atoms with Crippen LogP contribution in [0.3, 0.4) is 0 Å². The van der Waals surface area contributed by atoms with Crippen molar-refractivity contribution in [3.63, 3.8) is 0 Å². The molecule has 3 nitrogen and oxygen atoms in total. The predicted octanol–water partition coefficient (Wildman–Crippen LogP) is 0.182. The van der Waals surface area contributed by atoms with Gasteiger partial charge in [0.15, 0.2) is 6.23 Å². The number of aliphatic hydroxyl groups is 1. The maximum atomic E-state index is 9.03. The summed E-state index contributed by atoms with van der Waals surface area (Å²) in [5.41, 5.74) is 0.919. The Hall–Kier alpha value is -0.830. The summed E-state index contributed by atoms with van der Waals surface area (Å²) in [6, 6.07) is 0. The van der Waals surface area contributed by atoms with Crippen molar-refractivity contribution in [1.82, 2.24) is 5.01 Å². The van der Waals surface area contributed by atoms with Crippen LogP contribution in [-0.2, 0) is 0 Å². The van der Waals surface area contributed by atoms with Gasteiger partial charge in [-0.05, 0) is 19.1 Å². The molecule has 0 saturated heterocycles. The Morgan fingerprint density at radius 3 is 2.89 bits per heavy atom. The van der Waals surface area contributed by atoms with E-state index in [0.717, 1.165) is 5.71 Å². The van der Waals surface area contributed by atoms with Crippen LogP contribution in [0.5, 0.6) is 0 Å². The summed E-state index contributed by atoms with van der Waals surface area (Å²) in [4.78, 5) is 0. The van der Waals surface area contributed by atoms with Gasteiger partial charge in [-0.15, -0.1) is 0 Å². The van der Waals surface area contributed by atoms with E-state index in [0.29, 0.717) is 0 Å². The molecule has 1 aliphatic rings. The Labute approximate surface area is 54.3 Å². The molecule has 0 bridgehead atoms. The molecular formula is C6H10N2O. The molecule has 0 radical (unpaired) electrons. The quantitative estimate of drug-likeness (QED) is 0.502. The van der Waals surface area contributed by atoms with Crippen molar-refractivity contribution in [2.75, 3.05) is 7.05 Å². The third kappa shape index (κ3) is 1.29. The van der Waals surface area contributed by atoms with E-state index in [-0.39, 0.29) is 0 Å². The molecule has 9 heavy (non-hydrogen) atoms. The van der Waals surface area contributed by atoms with Gasteiger partial charge in [-0.2, -0.15) is 5.10 Å². The number of rotatable bonds is 0. The van der Waals surface area contributed by atoms with E-state index in [1.165, 1.54) is 5.01 Å². The van der Waals surface area contributed by atoms with Crippen molar-refractivity contribution in [2.45, 2.75) is 13.2 Å². The van der Waals surface area contributed by atoms with Crippen LogP contribution in [-0.4, -0.2) is 29.1 Å². The molecule has 0 saturated carbocycles. The molecule has 1 rings (SSSR count). The minimum atomic E-state index is -0.548. The molecule has 0 spiro atoms. The smallest absolute Gasteiger partial charge is 0.161 e. The fourth-order valence-electron chi connectivity index (χ4n) is 0.691. The zero-order valence-corrected chi connectivity index (χ0v) is 5.57. The number of hydrogen-bond acceptors (Lipinski definition) is 3. The molecule has 0 aromatic rings. The van der Waals surface area contributed by atoms with Gasteiger partial charge in [0.25, 0.3) is 0 Å². The van der Waals surface area contributed by atoms with Crippen molar-refractivity contribution < 1.29 is 5.11 Å². The molecule has 3 heteroatoms. The van der Waals surface area contributed by atoms with Gasteiger partial charge < -0.3 is 5.11 Å². The summed E-state index contributed by atoms with van der Waals surface area (Å²) < 4.78 is 0. The van der Waals surface area contributed by atoms with Crippen LogP contribution in [0.25, 0.3) is 0 Å². The molecule has 0 amide bonds. The summed E-state index contributed by atoms with van der Waals surface area (Å²) in [6.07, 6.45) is 2.95. The fraction of sp³-hybridized carbons (Fsp3) is 0.500. The number of hydrazone groups is 1. The van der Waals surface area contributed by atoms with Crippen LogP contribution in [0.2, 0.25) is 0 Å². The van der Waals surface area contributed by atoms with Gasteiger partial charge in [0.1, 0.15) is 0 Å². The summed E-state index contributed by atoms with van der Waals surface area (Å²) in [5.74, 6) is 0. The monoisotopic (exact) mass is 126 g/mol. The Morgan fingerprint density at radius 2 is 2.44 bits per heavy atom. The largest absolute Gasteiger partial charge is 0.369 e. The van der Waals surface area contributed by atoms with Crippen molar-refractivity contribution in [3.05, 3.63) is 12.2 Å². The van der Waals surface area contributed by atoms with Crippen LogP contribution in [0, 0.1) is 0 Å². The SMILES string of the molecule is CC1=NN(C)C(O)C=C1. The van der Waals surface area contributed by atoms with Crippen LogP contribution in [0.1, 0.15) is 6.92 Å². The molecule has 1 unspecified atom stereocenters. The first-order valence-corrected chi connectivity index (χ1v) is 2.84. The van der Waals surface area contributed by atoms with Crippen molar-refractivity contribution in [1.29, 1.82) is 0 Å². The zero-order valence-electron chi connectivity index (χ0n) is 5.57. The summed E-state index contributed by atoms with van der Waals surface area (Å²) in [7, 11) is 1.73. The lowest BCUT2D eigenvalue weighted by atomic mass is 10.3. The molecule has 1 heterocycles. The highest BCUT2D eigenvalue weighted by Crippen LogP contribution is 2.01. The molecule has 1 N–H and O–H groups in total. The average Bonchev–Trinajstić information content (AvgIpc) is 1.80. The lowest BCUT2D eigenvalue weighted by Crippen LogP contribution is -2.28. The Balaban J connectivity index is 2.70. The van der Waals surface area contributed by atoms with E-state index in [1.807, 2.05) is 6.92 Å². The first-order valence-electron chi connectivity index (χ1n) is 2.84. The summed E-state index contributed by atoms with van der Waals surface area (Å²) in [6.45, 7) is 1.89. The molecule has 0 aromatic heterocycles. The number of likely N-dealkylation sites (N-methyl/N-ethyl adjacent to an activating group) is 1. The van der Waals surface area contributed by atoms with E-state index in [2.05, 4.69) is 5.10 Å². The summed E-state index contributed by atoms with van der Waals surface area (Å²) in [5, 5.41) is 14.5. The number of allylic oxidation sites excluding steroid dienone is 1. The first kappa shape index (κ1) is 6.29. The van der Waals surface area contributed by atoms with E-state index in [1.54, 1.807) is 19.2 Å². The summed E-state index contributed by atoms with van der Waals surface area (Å²) >= 11 is 0. The number of aliphatic hydroxyl groups excluding tert-OH is 1. The van der Waals surface area contributed by atoms with Crippen molar-refractivity contribution >= 4 is 5.71 Å². The second-order valence-electron chi connectivity index (χ2n) is 2.09. The van der Waals surface area contributed by atoms with Gasteiger partial charge >= 0.3 is 0 Å². The minimum Gasteiger partial charge on any atom is -0.369 e. The Bertz CT molecular complexity index is 162. The Morgan fingerprint density at radius 1 is 1.78 bits per heavy atom. The first-order chi connectivity index (χ1) is 4.20. The van der Waals surface area contributed by atoms with Gasteiger partial charge in [0.2, 0.25) is 0 Å². The maximum Gasteiger partial charge on any atom is 0.161 e. The molecule has 1 atom stereocenters. The number of hydrogen-bond donors (Lipinski definition) is 1. The standard InChI is InChI=1S/C6H10N2O/c1-5-3-4-6(9)8(2)7-5/h3-4,6,9H,1-2H3. The van der Waals surface area contributed by atoms with Crippen LogP contribution in [0.15, 0.2) is 17.3 Å². The second kappa shape index (κ2) is 2.19. The third-order valence-corrected chi connectivity index (χ3v) is 1.21. The van der Waals surface area contributed by atoms with E-state index < -0.39 is 6.23 Å². The highest BCUT2D eigenvalue weighted by atomic mass is 16.3. The highest BCUT2D eigenvalue weighted by molar-refractivity contribution is 5.93. The predicted molar refractivity (Wildman–Crippen MR) is 36.0 cm³/mol. The van der Waals surface area contributed by atoms with E-state index in [4.69, 9.17) is 5.11 Å². The molecular weight excluding hydrogens is 116 g/mol. The normalized spacial score (nSPS) is 26.3. The van der Waals surface area contributed by atoms with Crippen molar-refractivity contribution in [2.24, 2.45) is 5.10 Å². The second-order valence-corrected chi connectivity index (χ2v) is 2.09. The van der Waals surface area contributed by atoms with Crippen LogP contribution < -0.4 is 0 Å². The lowest BCUT2D eigenvalue weighted by molar-refractivity contribution is 0.0633. The highest BCUT2D eigenvalue weighted by Gasteiger charge is 2.07. The third-order valence-electron chi connectivity index (χ3n) is 1.21. The van der Waals surface area contributed by atoms with Crippen LogP contribution in [0.4, 0.5) is 0 Å². The topological polar surface area (TPSA) is 35.8 Å². The van der Waals surface area contributed by atoms with Gasteiger partial charge in [0, 0.05) is 7.05 Å². The van der Waals surface area contributed by atoms with Gasteiger partial charge in [-0.3, -0.25) is 5.01 Å². The van der Waals surface area contributed by atoms with Gasteiger partial charge in [-0.25, -0.2) is 0 Å². The lowest BCUT2D eigenvalue weighted by Gasteiger charge is -2.20. The average molecular weight is 126 g/mol. The van der Waals surface area contributed by atoms with Gasteiger partial charge in [-0.1, -0.05) is 0 Å². The van der Waals surface area contributed by atoms with E-state index >= 15 is 0 Å². The number of nitrogens with zero attached hydrogens (tertiary/aromatic N) is 2. The van der Waals surface area contributed by atoms with Gasteiger partial charge in [0.05, 0.1) is 5.71 Å². The molecule has 0 aromatic carbocycles. The Kier molecular flexibility index (Phi) is 1.53.